The first-order valence-corrected chi connectivity index (χ1v) is 12.9. The van der Waals surface area contributed by atoms with Crippen LogP contribution >= 0.6 is 0 Å². The van der Waals surface area contributed by atoms with Crippen molar-refractivity contribution in [2.24, 2.45) is 0 Å². The Morgan fingerprint density at radius 2 is 1.66 bits per heavy atom. The lowest BCUT2D eigenvalue weighted by Crippen LogP contribution is -2.28. The van der Waals surface area contributed by atoms with Crippen molar-refractivity contribution in [2.45, 2.75) is 24.7 Å². The Morgan fingerprint density at radius 1 is 0.971 bits per heavy atom. The van der Waals surface area contributed by atoms with Gasteiger partial charge in [0.2, 0.25) is 0 Å². The highest BCUT2D eigenvalue weighted by molar-refractivity contribution is 7.92. The summed E-state index contributed by atoms with van der Waals surface area (Å²) in [5.41, 5.74) is 3.81. The van der Waals surface area contributed by atoms with Gasteiger partial charge in [0.15, 0.2) is 0 Å². The predicted molar refractivity (Wildman–Crippen MR) is 141 cm³/mol. The second-order valence-electron chi connectivity index (χ2n) is 8.54. The molecule has 0 aliphatic carbocycles. The van der Waals surface area contributed by atoms with Crippen LogP contribution in [0.15, 0.2) is 71.6 Å². The van der Waals surface area contributed by atoms with Crippen molar-refractivity contribution in [3.8, 4) is 5.75 Å². The van der Waals surface area contributed by atoms with E-state index in [2.05, 4.69) is 34.5 Å². The molecule has 8 heteroatoms. The van der Waals surface area contributed by atoms with E-state index in [1.165, 1.54) is 36.2 Å². The number of sulfonamides is 1. The van der Waals surface area contributed by atoms with E-state index >= 15 is 0 Å². The van der Waals surface area contributed by atoms with Crippen LogP contribution < -0.4 is 19.3 Å². The van der Waals surface area contributed by atoms with Gasteiger partial charge in [-0.15, -0.1) is 0 Å². The smallest absolute Gasteiger partial charge is 0.264 e. The molecule has 0 saturated carbocycles. The number of carbonyl (C=O) groups is 1. The predicted octanol–water partition coefficient (Wildman–Crippen LogP) is 4.26. The van der Waals surface area contributed by atoms with Crippen LogP contribution in [0.5, 0.6) is 5.75 Å². The zero-order valence-corrected chi connectivity index (χ0v) is 21.7. The molecule has 0 aromatic heterocycles. The maximum Gasteiger partial charge on any atom is 0.264 e. The summed E-state index contributed by atoms with van der Waals surface area (Å²) in [6.07, 6.45) is 1.62. The lowest BCUT2D eigenvalue weighted by atomic mass is 10.1. The first kappa shape index (κ1) is 26.1. The molecule has 3 rings (SSSR count). The molecule has 0 bridgehead atoms. The number of anilines is 2. The van der Waals surface area contributed by atoms with Crippen LogP contribution in [0.1, 0.15) is 27.9 Å². The number of nitrogens with zero attached hydrogens (tertiary/aromatic N) is 2. The van der Waals surface area contributed by atoms with Gasteiger partial charge in [-0.25, -0.2) is 8.42 Å². The van der Waals surface area contributed by atoms with E-state index in [1.54, 1.807) is 37.3 Å². The fourth-order valence-corrected chi connectivity index (χ4v) is 4.97. The maximum absolute atomic E-state index is 13.3. The monoisotopic (exact) mass is 495 g/mol. The second kappa shape index (κ2) is 11.3. The van der Waals surface area contributed by atoms with Crippen molar-refractivity contribution in [3.63, 3.8) is 0 Å². The molecular formula is C27H33N3O4S. The normalized spacial score (nSPS) is 11.1. The number of benzene rings is 3. The molecule has 0 radical (unpaired) electrons. The Hall–Kier alpha value is -3.52. The number of amides is 1. The van der Waals surface area contributed by atoms with Gasteiger partial charge in [-0.1, -0.05) is 30.3 Å². The van der Waals surface area contributed by atoms with Crippen molar-refractivity contribution >= 4 is 27.3 Å². The molecule has 3 aromatic rings. The quantitative estimate of drug-likeness (QED) is 0.425. The number of hydrogen-bond donors (Lipinski definition) is 1. The number of carbonyl (C=O) groups excluding carboxylic acids is 1. The van der Waals surface area contributed by atoms with E-state index in [4.69, 9.17) is 4.74 Å². The molecule has 35 heavy (non-hydrogen) atoms. The zero-order valence-electron chi connectivity index (χ0n) is 20.9. The van der Waals surface area contributed by atoms with Crippen LogP contribution in [0.2, 0.25) is 0 Å². The van der Waals surface area contributed by atoms with Crippen molar-refractivity contribution in [1.29, 1.82) is 0 Å². The van der Waals surface area contributed by atoms with Gasteiger partial charge in [0, 0.05) is 38.9 Å². The summed E-state index contributed by atoms with van der Waals surface area (Å²) in [5, 5.41) is 2.92. The third-order valence-corrected chi connectivity index (χ3v) is 7.68. The van der Waals surface area contributed by atoms with Crippen LogP contribution in [-0.2, 0) is 16.4 Å². The SMILES string of the molecule is COc1ccccc1N(C)S(=O)(=O)c1ccc(C)c(C(=O)NCCCc2ccc(N(C)C)cc2)c1. The van der Waals surface area contributed by atoms with E-state index in [1.807, 2.05) is 14.1 Å². The second-order valence-corrected chi connectivity index (χ2v) is 10.5. The summed E-state index contributed by atoms with van der Waals surface area (Å²) in [5.74, 6) is 0.155. The molecule has 0 atom stereocenters. The number of rotatable bonds is 10. The van der Waals surface area contributed by atoms with Crippen LogP contribution in [0.25, 0.3) is 0 Å². The first-order chi connectivity index (χ1) is 16.6. The Bertz CT molecular complexity index is 1270. The lowest BCUT2D eigenvalue weighted by Gasteiger charge is -2.22. The minimum Gasteiger partial charge on any atom is -0.495 e. The standard InChI is InChI=1S/C27H33N3O4S/c1-20-12-17-23(35(32,33)30(4)25-10-6-7-11-26(25)34-5)19-24(20)27(31)28-18-8-9-21-13-15-22(16-14-21)29(2)3/h6-7,10-17,19H,8-9,18H2,1-5H3,(H,28,31). The van der Waals surface area contributed by atoms with Gasteiger partial charge < -0.3 is 15.0 Å². The largest absolute Gasteiger partial charge is 0.495 e. The molecule has 0 heterocycles. The van der Waals surface area contributed by atoms with Crippen LogP contribution in [0.4, 0.5) is 11.4 Å². The molecule has 1 amide bonds. The van der Waals surface area contributed by atoms with E-state index in [9.17, 15) is 13.2 Å². The van der Waals surface area contributed by atoms with Gasteiger partial charge in [-0.05, 0) is 67.3 Å². The first-order valence-electron chi connectivity index (χ1n) is 11.4. The minimum absolute atomic E-state index is 0.0441. The van der Waals surface area contributed by atoms with Gasteiger partial charge in [-0.2, -0.15) is 0 Å². The number of aryl methyl sites for hydroxylation is 2. The number of para-hydroxylation sites is 2. The van der Waals surface area contributed by atoms with E-state index in [0.717, 1.165) is 18.5 Å². The topological polar surface area (TPSA) is 78.9 Å². The Morgan fingerprint density at radius 3 is 2.31 bits per heavy atom. The molecule has 1 N–H and O–H groups in total. The third-order valence-electron chi connectivity index (χ3n) is 5.92. The van der Waals surface area contributed by atoms with Crippen LogP contribution in [-0.4, -0.2) is 49.1 Å². The minimum atomic E-state index is -3.90. The summed E-state index contributed by atoms with van der Waals surface area (Å²) < 4.78 is 33.1. The average molecular weight is 496 g/mol. The highest BCUT2D eigenvalue weighted by atomic mass is 32.2. The molecule has 0 fully saturated rings. The van der Waals surface area contributed by atoms with Crippen LogP contribution in [0, 0.1) is 6.92 Å². The van der Waals surface area contributed by atoms with Gasteiger partial charge in [0.1, 0.15) is 5.75 Å². The van der Waals surface area contributed by atoms with Crippen molar-refractivity contribution < 1.29 is 17.9 Å². The Kier molecular flexibility index (Phi) is 8.40. The van der Waals surface area contributed by atoms with Crippen molar-refractivity contribution in [2.75, 3.05) is 44.0 Å². The molecule has 0 spiro atoms. The van der Waals surface area contributed by atoms with Gasteiger partial charge in [0.05, 0.1) is 17.7 Å². The molecular weight excluding hydrogens is 462 g/mol. The Labute approximate surface area is 208 Å². The summed E-state index contributed by atoms with van der Waals surface area (Å²) in [6.45, 7) is 2.29. The summed E-state index contributed by atoms with van der Waals surface area (Å²) in [4.78, 5) is 15.0. The fraction of sp³-hybridized carbons (Fsp3) is 0.296. The number of ether oxygens (including phenoxy) is 1. The average Bonchev–Trinajstić information content (AvgIpc) is 2.86. The number of hydrogen-bond acceptors (Lipinski definition) is 5. The lowest BCUT2D eigenvalue weighted by molar-refractivity contribution is 0.0952. The van der Waals surface area contributed by atoms with Gasteiger partial charge in [-0.3, -0.25) is 9.10 Å². The van der Waals surface area contributed by atoms with Crippen LogP contribution in [0.3, 0.4) is 0 Å². The van der Waals surface area contributed by atoms with Crippen molar-refractivity contribution in [1.82, 2.24) is 5.32 Å². The molecule has 3 aromatic carbocycles. The number of nitrogens with one attached hydrogen (secondary N) is 1. The summed E-state index contributed by atoms with van der Waals surface area (Å²) in [6, 6.07) is 19.8. The van der Waals surface area contributed by atoms with E-state index < -0.39 is 10.0 Å². The summed E-state index contributed by atoms with van der Waals surface area (Å²) in [7, 11) is 3.07. The molecule has 0 unspecified atom stereocenters. The zero-order chi connectivity index (χ0) is 25.6. The molecule has 0 aliphatic heterocycles. The number of methoxy groups -OCH3 is 1. The van der Waals surface area contributed by atoms with E-state index in [0.29, 0.717) is 29.1 Å². The fourth-order valence-electron chi connectivity index (χ4n) is 3.73. The molecule has 7 nitrogen and oxygen atoms in total. The highest BCUT2D eigenvalue weighted by Crippen LogP contribution is 2.31. The Balaban J connectivity index is 1.68. The highest BCUT2D eigenvalue weighted by Gasteiger charge is 2.25. The molecule has 186 valence electrons. The maximum atomic E-state index is 13.3. The van der Waals surface area contributed by atoms with E-state index in [-0.39, 0.29) is 10.8 Å². The van der Waals surface area contributed by atoms with Crippen molar-refractivity contribution in [3.05, 3.63) is 83.4 Å². The molecule has 0 aliphatic rings. The molecule has 0 saturated heterocycles. The third kappa shape index (κ3) is 6.14. The summed E-state index contributed by atoms with van der Waals surface area (Å²) >= 11 is 0. The van der Waals surface area contributed by atoms with Gasteiger partial charge in [0.25, 0.3) is 15.9 Å². The van der Waals surface area contributed by atoms with Gasteiger partial charge >= 0.3 is 0 Å².